The van der Waals surface area contributed by atoms with E-state index in [1.54, 1.807) is 16.6 Å². The summed E-state index contributed by atoms with van der Waals surface area (Å²) < 4.78 is 8.82. The summed E-state index contributed by atoms with van der Waals surface area (Å²) in [7, 11) is 5.16. The lowest BCUT2D eigenvalue weighted by Crippen LogP contribution is -2.27. The van der Waals surface area contributed by atoms with Crippen LogP contribution in [0.3, 0.4) is 0 Å². The molecule has 0 unspecified atom stereocenters. The van der Waals surface area contributed by atoms with Crippen LogP contribution in [0.2, 0.25) is 0 Å². The van der Waals surface area contributed by atoms with Crippen molar-refractivity contribution in [2.45, 2.75) is 19.4 Å². The van der Waals surface area contributed by atoms with Crippen molar-refractivity contribution in [3.05, 3.63) is 65.5 Å². The molecule has 10 heteroatoms. The van der Waals surface area contributed by atoms with Crippen LogP contribution >= 0.6 is 0 Å². The Bertz CT molecular complexity index is 1430. The number of anilines is 1. The van der Waals surface area contributed by atoms with Gasteiger partial charge in [-0.25, -0.2) is 9.67 Å². The Morgan fingerprint density at radius 2 is 2.11 bits per heavy atom. The quantitative estimate of drug-likeness (QED) is 0.333. The molecule has 1 aliphatic heterocycles. The molecule has 2 aromatic heterocycles. The first-order valence-electron chi connectivity index (χ1n) is 11.0. The van der Waals surface area contributed by atoms with Gasteiger partial charge in [-0.3, -0.25) is 9.59 Å². The molecule has 0 bridgehead atoms. The first-order valence-corrected chi connectivity index (χ1v) is 11.0. The molecule has 1 saturated heterocycles. The number of carbonyl (C=O) groups excluding carboxylic acids is 2. The third-order valence-electron chi connectivity index (χ3n) is 6.05. The molecule has 3 aromatic rings. The van der Waals surface area contributed by atoms with Crippen LogP contribution in [0.1, 0.15) is 39.9 Å². The van der Waals surface area contributed by atoms with Crippen molar-refractivity contribution in [2.75, 3.05) is 26.0 Å². The van der Waals surface area contributed by atoms with E-state index >= 15 is 0 Å². The SMILES string of the molecule is C=CC(=O)N1C[C@@H](n2nc(C#Cc3ccc4c(c3)nc(C)n4C)c(C(N)=O)c2NC)C/C1=C\OC. The third kappa shape index (κ3) is 4.24. The molecule has 4 rings (SSSR count). The maximum Gasteiger partial charge on any atom is 0.255 e. The van der Waals surface area contributed by atoms with Gasteiger partial charge in [0.1, 0.15) is 23.5 Å². The number of primary amides is 1. The van der Waals surface area contributed by atoms with E-state index in [0.717, 1.165) is 22.4 Å². The fourth-order valence-corrected chi connectivity index (χ4v) is 4.29. The average Bonchev–Trinajstić information content (AvgIpc) is 3.50. The number of nitrogens with one attached hydrogen (secondary N) is 1. The van der Waals surface area contributed by atoms with Gasteiger partial charge in [-0.05, 0) is 37.1 Å². The Morgan fingerprint density at radius 1 is 1.34 bits per heavy atom. The predicted molar refractivity (Wildman–Crippen MR) is 132 cm³/mol. The number of amides is 2. The van der Waals surface area contributed by atoms with E-state index in [9.17, 15) is 9.59 Å². The van der Waals surface area contributed by atoms with E-state index < -0.39 is 5.91 Å². The highest BCUT2D eigenvalue weighted by Crippen LogP contribution is 2.34. The molecule has 1 fully saturated rings. The number of aryl methyl sites for hydroxylation is 2. The van der Waals surface area contributed by atoms with Crippen LogP contribution < -0.4 is 11.1 Å². The lowest BCUT2D eigenvalue weighted by atomic mass is 10.1. The number of nitrogens with zero attached hydrogens (tertiary/aromatic N) is 5. The fraction of sp³-hybridized carbons (Fsp3) is 0.280. The van der Waals surface area contributed by atoms with Gasteiger partial charge in [0.15, 0.2) is 5.69 Å². The number of nitrogens with two attached hydrogens (primary N) is 1. The monoisotopic (exact) mass is 473 g/mol. The van der Waals surface area contributed by atoms with Gasteiger partial charge in [0.25, 0.3) is 5.91 Å². The van der Waals surface area contributed by atoms with Gasteiger partial charge in [0, 0.05) is 32.6 Å². The van der Waals surface area contributed by atoms with E-state index in [0.29, 0.717) is 24.5 Å². The van der Waals surface area contributed by atoms with E-state index in [1.807, 2.05) is 36.7 Å². The first-order chi connectivity index (χ1) is 16.8. The Balaban J connectivity index is 1.75. The van der Waals surface area contributed by atoms with Crippen LogP contribution in [0, 0.1) is 18.8 Å². The zero-order chi connectivity index (χ0) is 25.3. The summed E-state index contributed by atoms with van der Waals surface area (Å²) in [6.07, 6.45) is 3.24. The lowest BCUT2D eigenvalue weighted by molar-refractivity contribution is -0.123. The standard InChI is InChI=1S/C25H27N7O3/c1-6-22(33)31-13-17(12-18(31)14-35-5)32-25(27-3)23(24(26)34)19(29-32)9-7-16-8-10-21-20(11-16)28-15(2)30(21)4/h6,8,10-11,14,17,27H,1,12-13H2,2-5H3,(H2,26,34)/b18-14+/t17-/m0/s1. The summed E-state index contributed by atoms with van der Waals surface area (Å²) in [5, 5.41) is 7.65. The number of allylic oxidation sites excluding steroid dienone is 1. The van der Waals surface area contributed by atoms with Crippen LogP contribution in [0.4, 0.5) is 5.82 Å². The van der Waals surface area contributed by atoms with Crippen molar-refractivity contribution in [1.82, 2.24) is 24.2 Å². The lowest BCUT2D eigenvalue weighted by Gasteiger charge is -2.16. The number of benzene rings is 1. The average molecular weight is 474 g/mol. The number of fused-ring (bicyclic) bond motifs is 1. The van der Waals surface area contributed by atoms with Crippen LogP contribution in [-0.2, 0) is 16.6 Å². The second-order valence-electron chi connectivity index (χ2n) is 8.16. The third-order valence-corrected chi connectivity index (χ3v) is 6.05. The number of hydrogen-bond acceptors (Lipinski definition) is 6. The maximum atomic E-state index is 12.4. The highest BCUT2D eigenvalue weighted by molar-refractivity contribution is 6.00. The summed E-state index contributed by atoms with van der Waals surface area (Å²) in [6, 6.07) is 5.49. The van der Waals surface area contributed by atoms with Crippen molar-refractivity contribution in [3.63, 3.8) is 0 Å². The second kappa shape index (κ2) is 9.38. The highest BCUT2D eigenvalue weighted by Gasteiger charge is 2.35. The molecule has 180 valence electrons. The minimum absolute atomic E-state index is 0.195. The summed E-state index contributed by atoms with van der Waals surface area (Å²) in [5.74, 6) is 6.53. The van der Waals surface area contributed by atoms with Crippen molar-refractivity contribution >= 4 is 28.7 Å². The Morgan fingerprint density at radius 3 is 2.77 bits per heavy atom. The molecular formula is C25H27N7O3. The molecule has 0 saturated carbocycles. The largest absolute Gasteiger partial charge is 0.503 e. The molecule has 1 atom stereocenters. The second-order valence-corrected chi connectivity index (χ2v) is 8.16. The zero-order valence-electron chi connectivity index (χ0n) is 20.1. The summed E-state index contributed by atoms with van der Waals surface area (Å²) in [5.41, 5.74) is 9.43. The molecule has 10 nitrogen and oxygen atoms in total. The minimum atomic E-state index is -0.648. The van der Waals surface area contributed by atoms with Crippen molar-refractivity contribution in [1.29, 1.82) is 0 Å². The smallest absolute Gasteiger partial charge is 0.255 e. The Hall–Kier alpha value is -4.52. The van der Waals surface area contributed by atoms with Crippen LogP contribution in [0.25, 0.3) is 11.0 Å². The zero-order valence-corrected chi connectivity index (χ0v) is 20.1. The topological polar surface area (TPSA) is 120 Å². The number of rotatable bonds is 5. The van der Waals surface area contributed by atoms with Crippen molar-refractivity contribution in [3.8, 4) is 11.8 Å². The summed E-state index contributed by atoms with van der Waals surface area (Å²) in [6.45, 7) is 5.84. The van der Waals surface area contributed by atoms with Crippen molar-refractivity contribution in [2.24, 2.45) is 12.8 Å². The van der Waals surface area contributed by atoms with Crippen LogP contribution in [-0.4, -0.2) is 56.7 Å². The van der Waals surface area contributed by atoms with Crippen molar-refractivity contribution < 1.29 is 14.3 Å². The van der Waals surface area contributed by atoms with Crippen LogP contribution in [0.15, 0.2) is 42.8 Å². The minimum Gasteiger partial charge on any atom is -0.503 e. The van der Waals surface area contributed by atoms with E-state index in [4.69, 9.17) is 10.5 Å². The number of ether oxygens (including phenoxy) is 1. The van der Waals surface area contributed by atoms with Gasteiger partial charge < -0.3 is 25.3 Å². The molecule has 0 aliphatic carbocycles. The molecule has 3 heterocycles. The van der Waals surface area contributed by atoms with Gasteiger partial charge in [-0.15, -0.1) is 0 Å². The maximum absolute atomic E-state index is 12.4. The number of hydrogen-bond donors (Lipinski definition) is 2. The molecular weight excluding hydrogens is 446 g/mol. The summed E-state index contributed by atoms with van der Waals surface area (Å²) >= 11 is 0. The molecule has 2 amide bonds. The number of aromatic nitrogens is 4. The van der Waals surface area contributed by atoms with E-state index in [1.165, 1.54) is 19.4 Å². The molecule has 1 aliphatic rings. The highest BCUT2D eigenvalue weighted by atomic mass is 16.5. The molecule has 3 N–H and O–H groups in total. The van der Waals surface area contributed by atoms with Crippen LogP contribution in [0.5, 0.6) is 0 Å². The van der Waals surface area contributed by atoms with Gasteiger partial charge in [0.2, 0.25) is 5.91 Å². The molecule has 1 aromatic carbocycles. The van der Waals surface area contributed by atoms with E-state index in [-0.39, 0.29) is 23.2 Å². The number of methoxy groups -OCH3 is 1. The summed E-state index contributed by atoms with van der Waals surface area (Å²) in [4.78, 5) is 30.8. The van der Waals surface area contributed by atoms with Gasteiger partial charge in [0.05, 0.1) is 29.9 Å². The van der Waals surface area contributed by atoms with Gasteiger partial charge in [-0.1, -0.05) is 12.5 Å². The normalized spacial score (nSPS) is 16.3. The van der Waals surface area contributed by atoms with Gasteiger partial charge in [-0.2, -0.15) is 5.10 Å². The first kappa shape index (κ1) is 23.6. The molecule has 35 heavy (non-hydrogen) atoms. The number of carbonyl (C=O) groups is 2. The number of likely N-dealkylation sites (tertiary alicyclic amines) is 1. The predicted octanol–water partition coefficient (Wildman–Crippen LogP) is 2.07. The molecule has 0 radical (unpaired) electrons. The van der Waals surface area contributed by atoms with Gasteiger partial charge >= 0.3 is 0 Å². The molecule has 0 spiro atoms. The Kier molecular flexibility index (Phi) is 6.34. The number of imidazole rings is 1. The fourth-order valence-electron chi connectivity index (χ4n) is 4.29. The van der Waals surface area contributed by atoms with E-state index in [2.05, 4.69) is 33.8 Å². The Labute approximate surface area is 203 Å².